The number of nitrogens with zero attached hydrogens (tertiary/aromatic N) is 2. The molecule has 138 valence electrons. The van der Waals surface area contributed by atoms with Crippen molar-refractivity contribution in [3.05, 3.63) is 71.9 Å². The van der Waals surface area contributed by atoms with E-state index >= 15 is 0 Å². The van der Waals surface area contributed by atoms with Crippen LogP contribution in [0.25, 0.3) is 10.9 Å². The average Bonchev–Trinajstić information content (AvgIpc) is 3.47. The van der Waals surface area contributed by atoms with E-state index < -0.39 is 0 Å². The molecule has 1 aliphatic carbocycles. The number of fused-ring (bicyclic) bond motifs is 1. The number of para-hydroxylation sites is 1. The van der Waals surface area contributed by atoms with Gasteiger partial charge in [-0.15, -0.1) is 0 Å². The minimum Gasteiger partial charge on any atom is -0.355 e. The van der Waals surface area contributed by atoms with Gasteiger partial charge in [-0.1, -0.05) is 30.3 Å². The zero-order chi connectivity index (χ0) is 18.8. The molecule has 0 bridgehead atoms. The van der Waals surface area contributed by atoms with Gasteiger partial charge in [0.2, 0.25) is 5.91 Å². The lowest BCUT2D eigenvalue weighted by Gasteiger charge is -2.23. The quantitative estimate of drug-likeness (QED) is 0.733. The topological polar surface area (TPSA) is 54.3 Å². The lowest BCUT2D eigenvalue weighted by atomic mass is 10.1. The van der Waals surface area contributed by atoms with Gasteiger partial charge in [-0.25, -0.2) is 0 Å². The molecule has 1 aliphatic rings. The number of benzene rings is 2. The summed E-state index contributed by atoms with van der Waals surface area (Å²) in [6.45, 7) is 0.928. The molecule has 1 fully saturated rings. The summed E-state index contributed by atoms with van der Waals surface area (Å²) in [6, 6.07) is 18.0. The number of hydrogen-bond acceptors (Lipinski definition) is 2. The number of nitrogens with one attached hydrogen (secondary N) is 1. The maximum Gasteiger partial charge on any atom is 0.251 e. The SMILES string of the molecule is CNC(=O)c1ccc(CN(C(=O)Cn2ccc3ccccc32)C2CC2)cc1. The van der Waals surface area contributed by atoms with Gasteiger partial charge in [0.25, 0.3) is 5.91 Å². The van der Waals surface area contributed by atoms with Crippen LogP contribution in [0.1, 0.15) is 28.8 Å². The van der Waals surface area contributed by atoms with Crippen molar-refractivity contribution < 1.29 is 9.59 Å². The fourth-order valence-corrected chi connectivity index (χ4v) is 3.42. The molecule has 0 atom stereocenters. The largest absolute Gasteiger partial charge is 0.355 e. The van der Waals surface area contributed by atoms with Gasteiger partial charge in [0.15, 0.2) is 0 Å². The van der Waals surface area contributed by atoms with Gasteiger partial charge in [-0.2, -0.15) is 0 Å². The third-order valence-electron chi connectivity index (χ3n) is 5.09. The van der Waals surface area contributed by atoms with Gasteiger partial charge < -0.3 is 14.8 Å². The Balaban J connectivity index is 1.49. The second-order valence-electron chi connectivity index (χ2n) is 7.03. The Labute approximate surface area is 158 Å². The number of rotatable bonds is 6. The van der Waals surface area contributed by atoms with Crippen LogP contribution in [0.4, 0.5) is 0 Å². The van der Waals surface area contributed by atoms with E-state index in [9.17, 15) is 9.59 Å². The lowest BCUT2D eigenvalue weighted by Crippen LogP contribution is -2.35. The van der Waals surface area contributed by atoms with Crippen LogP contribution in [-0.2, 0) is 17.9 Å². The fourth-order valence-electron chi connectivity index (χ4n) is 3.42. The highest BCUT2D eigenvalue weighted by molar-refractivity contribution is 5.94. The molecule has 5 heteroatoms. The fraction of sp³-hybridized carbons (Fsp3) is 0.273. The Hall–Kier alpha value is -3.08. The van der Waals surface area contributed by atoms with E-state index in [1.54, 1.807) is 7.05 Å². The molecule has 4 rings (SSSR count). The first-order valence-electron chi connectivity index (χ1n) is 9.30. The standard InChI is InChI=1S/C22H23N3O2/c1-23-22(27)18-8-6-16(7-9-18)14-25(19-10-11-19)21(26)15-24-13-12-17-4-2-3-5-20(17)24/h2-9,12-13,19H,10-11,14-15H2,1H3,(H,23,27). The van der Waals surface area contributed by atoms with Gasteiger partial charge in [0, 0.05) is 36.9 Å². The van der Waals surface area contributed by atoms with E-state index in [4.69, 9.17) is 0 Å². The van der Waals surface area contributed by atoms with Crippen LogP contribution < -0.4 is 5.32 Å². The van der Waals surface area contributed by atoms with E-state index in [2.05, 4.69) is 11.4 Å². The van der Waals surface area contributed by atoms with Crippen molar-refractivity contribution >= 4 is 22.7 Å². The summed E-state index contributed by atoms with van der Waals surface area (Å²) in [6.07, 6.45) is 4.11. The van der Waals surface area contributed by atoms with E-state index in [0.29, 0.717) is 24.7 Å². The predicted octanol–water partition coefficient (Wildman–Crippen LogP) is 3.19. The first-order chi connectivity index (χ1) is 13.2. The van der Waals surface area contributed by atoms with Crippen molar-refractivity contribution in [1.82, 2.24) is 14.8 Å². The zero-order valence-corrected chi connectivity index (χ0v) is 15.4. The summed E-state index contributed by atoms with van der Waals surface area (Å²) < 4.78 is 2.02. The van der Waals surface area contributed by atoms with Gasteiger partial charge >= 0.3 is 0 Å². The smallest absolute Gasteiger partial charge is 0.251 e. The Bertz CT molecular complexity index is 971. The van der Waals surface area contributed by atoms with Crippen molar-refractivity contribution in [2.75, 3.05) is 7.05 Å². The Morgan fingerprint density at radius 2 is 1.81 bits per heavy atom. The third-order valence-corrected chi connectivity index (χ3v) is 5.09. The molecule has 0 radical (unpaired) electrons. The normalized spacial score (nSPS) is 13.5. The molecule has 2 amide bonds. The lowest BCUT2D eigenvalue weighted by molar-refractivity contribution is -0.133. The first-order valence-corrected chi connectivity index (χ1v) is 9.30. The molecule has 0 aliphatic heterocycles. The molecular formula is C22H23N3O2. The van der Waals surface area contributed by atoms with Gasteiger partial charge in [-0.3, -0.25) is 9.59 Å². The van der Waals surface area contributed by atoms with E-state index in [1.807, 2.05) is 64.2 Å². The van der Waals surface area contributed by atoms with Crippen molar-refractivity contribution in [2.45, 2.75) is 32.0 Å². The van der Waals surface area contributed by atoms with Crippen LogP contribution in [0.3, 0.4) is 0 Å². The number of amides is 2. The minimum atomic E-state index is -0.101. The molecule has 0 saturated heterocycles. The van der Waals surface area contributed by atoms with Crippen LogP contribution in [0.5, 0.6) is 0 Å². The van der Waals surface area contributed by atoms with E-state index in [-0.39, 0.29) is 11.8 Å². The van der Waals surface area contributed by atoms with Crippen molar-refractivity contribution in [3.63, 3.8) is 0 Å². The number of carbonyl (C=O) groups is 2. The summed E-state index contributed by atoms with van der Waals surface area (Å²) in [5.74, 6) is 0.0328. The van der Waals surface area contributed by atoms with Crippen LogP contribution in [0, 0.1) is 0 Å². The second-order valence-corrected chi connectivity index (χ2v) is 7.03. The van der Waals surface area contributed by atoms with Crippen molar-refractivity contribution in [2.24, 2.45) is 0 Å². The molecular weight excluding hydrogens is 338 g/mol. The number of hydrogen-bond donors (Lipinski definition) is 1. The molecule has 0 unspecified atom stereocenters. The average molecular weight is 361 g/mol. The van der Waals surface area contributed by atoms with Crippen LogP contribution >= 0.6 is 0 Å². The Morgan fingerprint density at radius 3 is 2.52 bits per heavy atom. The molecule has 3 aromatic rings. The molecule has 1 aromatic heterocycles. The van der Waals surface area contributed by atoms with Crippen molar-refractivity contribution in [1.29, 1.82) is 0 Å². The highest BCUT2D eigenvalue weighted by Gasteiger charge is 2.32. The summed E-state index contributed by atoms with van der Waals surface area (Å²) in [5.41, 5.74) is 2.75. The van der Waals surface area contributed by atoms with Crippen LogP contribution in [0.15, 0.2) is 60.8 Å². The maximum absolute atomic E-state index is 13.0. The molecule has 5 nitrogen and oxygen atoms in total. The third kappa shape index (κ3) is 3.72. The minimum absolute atomic E-state index is 0.101. The maximum atomic E-state index is 13.0. The molecule has 27 heavy (non-hydrogen) atoms. The van der Waals surface area contributed by atoms with Gasteiger partial charge in [0.05, 0.1) is 0 Å². The number of aromatic nitrogens is 1. The summed E-state index contributed by atoms with van der Waals surface area (Å²) >= 11 is 0. The van der Waals surface area contributed by atoms with Gasteiger partial charge in [-0.05, 0) is 48.1 Å². The molecule has 1 saturated carbocycles. The summed E-state index contributed by atoms with van der Waals surface area (Å²) in [4.78, 5) is 26.7. The summed E-state index contributed by atoms with van der Waals surface area (Å²) in [7, 11) is 1.62. The van der Waals surface area contributed by atoms with E-state index in [0.717, 1.165) is 29.3 Å². The Kier molecular flexibility index (Phi) is 4.67. The molecule has 1 N–H and O–H groups in total. The van der Waals surface area contributed by atoms with Crippen LogP contribution in [0.2, 0.25) is 0 Å². The van der Waals surface area contributed by atoms with E-state index in [1.165, 1.54) is 0 Å². The van der Waals surface area contributed by atoms with Gasteiger partial charge in [0.1, 0.15) is 6.54 Å². The highest BCUT2D eigenvalue weighted by Crippen LogP contribution is 2.29. The monoisotopic (exact) mass is 361 g/mol. The predicted molar refractivity (Wildman–Crippen MR) is 105 cm³/mol. The molecule has 0 spiro atoms. The summed E-state index contributed by atoms with van der Waals surface area (Å²) in [5, 5.41) is 3.77. The molecule has 1 heterocycles. The first kappa shape index (κ1) is 17.3. The highest BCUT2D eigenvalue weighted by atomic mass is 16.2. The van der Waals surface area contributed by atoms with Crippen molar-refractivity contribution in [3.8, 4) is 0 Å². The second kappa shape index (κ2) is 7.27. The molecule has 2 aromatic carbocycles. The van der Waals surface area contributed by atoms with Crippen LogP contribution in [-0.4, -0.2) is 34.4 Å². The zero-order valence-electron chi connectivity index (χ0n) is 15.4. The number of carbonyl (C=O) groups excluding carboxylic acids is 2. The Morgan fingerprint density at radius 1 is 1.07 bits per heavy atom.